The zero-order chi connectivity index (χ0) is 23.3. The zero-order valence-electron chi connectivity index (χ0n) is 17.7. The number of carbonyl (C=O) groups excluding carboxylic acids is 2. The lowest BCUT2D eigenvalue weighted by Gasteiger charge is -2.21. The van der Waals surface area contributed by atoms with Crippen LogP contribution >= 0.6 is 23.2 Å². The normalized spacial score (nSPS) is 16.8. The monoisotopic (exact) mass is 478 g/mol. The molecule has 0 saturated carbocycles. The molecule has 1 atom stereocenters. The van der Waals surface area contributed by atoms with Crippen LogP contribution in [0.4, 0.5) is 11.4 Å². The Labute approximate surface area is 201 Å². The molecule has 166 valence electrons. The molecule has 2 aliphatic heterocycles. The second-order valence-electron chi connectivity index (χ2n) is 8.13. The number of nitrogens with zero attached hydrogens (tertiary/aromatic N) is 2. The summed E-state index contributed by atoms with van der Waals surface area (Å²) in [7, 11) is 0. The molecule has 2 aliphatic rings. The summed E-state index contributed by atoms with van der Waals surface area (Å²) in [6.45, 7) is 2.57. The Morgan fingerprint density at radius 2 is 1.82 bits per heavy atom. The molecule has 0 fully saturated rings. The molecule has 8 heteroatoms. The van der Waals surface area contributed by atoms with Gasteiger partial charge in [0.2, 0.25) is 6.17 Å². The van der Waals surface area contributed by atoms with Crippen LogP contribution in [0.25, 0.3) is 0 Å². The molecule has 6 nitrogen and oxygen atoms in total. The molecule has 0 aliphatic carbocycles. The zero-order valence-corrected chi connectivity index (χ0v) is 19.2. The topological polar surface area (TPSA) is 87.8 Å². The first-order valence-electron chi connectivity index (χ1n) is 10.5. The fourth-order valence-corrected chi connectivity index (χ4v) is 4.84. The number of anilines is 2. The lowest BCUT2D eigenvalue weighted by molar-refractivity contribution is -0.120. The SMILES string of the molecule is Cc1cc2c3c(c1)C(c1ccccc1)=N[C@@H](NC(=O)c1cc(Cl)c(N)c(Cl)c1)C(=O)N3CC2. The number of nitrogens with two attached hydrogens (primary N) is 1. The van der Waals surface area contributed by atoms with Crippen LogP contribution in [-0.2, 0) is 11.2 Å². The summed E-state index contributed by atoms with van der Waals surface area (Å²) in [6, 6.07) is 16.6. The van der Waals surface area contributed by atoms with Crippen LogP contribution in [0.15, 0.2) is 59.6 Å². The third-order valence-electron chi connectivity index (χ3n) is 5.88. The van der Waals surface area contributed by atoms with E-state index in [1.54, 1.807) is 4.90 Å². The third-order valence-corrected chi connectivity index (χ3v) is 6.50. The van der Waals surface area contributed by atoms with Crippen molar-refractivity contribution in [2.45, 2.75) is 19.5 Å². The number of rotatable bonds is 3. The van der Waals surface area contributed by atoms with E-state index >= 15 is 0 Å². The first kappa shape index (κ1) is 21.5. The highest BCUT2D eigenvalue weighted by atomic mass is 35.5. The Hall–Kier alpha value is -3.35. The van der Waals surface area contributed by atoms with Crippen LogP contribution in [-0.4, -0.2) is 30.2 Å². The summed E-state index contributed by atoms with van der Waals surface area (Å²) in [5.41, 5.74) is 11.6. The Bertz CT molecular complexity index is 1310. The summed E-state index contributed by atoms with van der Waals surface area (Å²) >= 11 is 12.2. The smallest absolute Gasteiger partial charge is 0.272 e. The fraction of sp³-hybridized carbons (Fsp3) is 0.160. The minimum Gasteiger partial charge on any atom is -0.396 e. The maximum Gasteiger partial charge on any atom is 0.272 e. The van der Waals surface area contributed by atoms with Crippen LogP contribution in [0, 0.1) is 6.92 Å². The Balaban J connectivity index is 1.61. The van der Waals surface area contributed by atoms with Crippen LogP contribution in [0.1, 0.15) is 32.6 Å². The maximum absolute atomic E-state index is 13.5. The number of halogens is 2. The van der Waals surface area contributed by atoms with E-state index in [0.717, 1.165) is 34.4 Å². The highest BCUT2D eigenvalue weighted by molar-refractivity contribution is 6.39. The maximum atomic E-state index is 13.5. The van der Waals surface area contributed by atoms with Crippen molar-refractivity contribution in [3.63, 3.8) is 0 Å². The van der Waals surface area contributed by atoms with Gasteiger partial charge < -0.3 is 16.0 Å². The number of amides is 2. The van der Waals surface area contributed by atoms with Gasteiger partial charge in [0.1, 0.15) is 0 Å². The third kappa shape index (κ3) is 3.75. The standard InChI is InChI=1S/C25H20Cl2N4O2/c1-13-9-15-7-8-31-22(15)17(10-13)21(14-5-3-2-4-6-14)29-23(25(31)33)30-24(32)16-11-18(26)20(28)19(27)12-16/h2-6,9-12,23H,7-8,28H2,1H3,(H,30,32)/t23-/m0/s1. The number of carbonyl (C=O) groups is 2. The van der Waals surface area contributed by atoms with Crippen molar-refractivity contribution in [1.82, 2.24) is 5.32 Å². The Morgan fingerprint density at radius 1 is 1.12 bits per heavy atom. The minimum absolute atomic E-state index is 0.167. The highest BCUT2D eigenvalue weighted by Crippen LogP contribution is 2.37. The lowest BCUT2D eigenvalue weighted by atomic mass is 9.96. The molecule has 0 saturated heterocycles. The molecule has 5 rings (SSSR count). The first-order valence-corrected chi connectivity index (χ1v) is 11.2. The van der Waals surface area contributed by atoms with Crippen LogP contribution < -0.4 is 16.0 Å². The number of aryl methyl sites for hydroxylation is 1. The molecule has 0 spiro atoms. The van der Waals surface area contributed by atoms with Gasteiger partial charge in [-0.15, -0.1) is 0 Å². The average molecular weight is 479 g/mol. The highest BCUT2D eigenvalue weighted by Gasteiger charge is 2.37. The first-order chi connectivity index (χ1) is 15.8. The molecule has 3 aromatic carbocycles. The number of nitrogens with one attached hydrogen (secondary N) is 1. The summed E-state index contributed by atoms with van der Waals surface area (Å²) in [5, 5.41) is 3.09. The van der Waals surface area contributed by atoms with Crippen molar-refractivity contribution >= 4 is 52.1 Å². The number of aliphatic imine (C=N–C) groups is 1. The lowest BCUT2D eigenvalue weighted by Crippen LogP contribution is -2.47. The fourth-order valence-electron chi connectivity index (χ4n) is 4.35. The van der Waals surface area contributed by atoms with Gasteiger partial charge in [0.05, 0.1) is 27.1 Å². The summed E-state index contributed by atoms with van der Waals surface area (Å²) in [4.78, 5) is 33.1. The predicted octanol–water partition coefficient (Wildman–Crippen LogP) is 4.38. The largest absolute Gasteiger partial charge is 0.396 e. The van der Waals surface area contributed by atoms with Gasteiger partial charge in [0.25, 0.3) is 11.8 Å². The van der Waals surface area contributed by atoms with Crippen molar-refractivity contribution in [2.24, 2.45) is 4.99 Å². The summed E-state index contributed by atoms with van der Waals surface area (Å²) in [5.74, 6) is -0.805. The van der Waals surface area contributed by atoms with Gasteiger partial charge in [-0.2, -0.15) is 0 Å². The molecular weight excluding hydrogens is 459 g/mol. The van der Waals surface area contributed by atoms with Gasteiger partial charge in [-0.25, -0.2) is 4.99 Å². The summed E-state index contributed by atoms with van der Waals surface area (Å²) in [6.07, 6.45) is -0.358. The quantitative estimate of drug-likeness (QED) is 0.547. The second-order valence-corrected chi connectivity index (χ2v) is 8.95. The van der Waals surface area contributed by atoms with Crippen LogP contribution in [0.5, 0.6) is 0 Å². The van der Waals surface area contributed by atoms with Gasteiger partial charge in [-0.1, -0.05) is 65.2 Å². The molecule has 33 heavy (non-hydrogen) atoms. The number of hydrogen-bond acceptors (Lipinski definition) is 4. The van der Waals surface area contributed by atoms with Crippen molar-refractivity contribution in [3.8, 4) is 0 Å². The van der Waals surface area contributed by atoms with Crippen LogP contribution in [0.2, 0.25) is 10.0 Å². The average Bonchev–Trinajstić information content (AvgIpc) is 3.18. The molecule has 3 N–H and O–H groups in total. The summed E-state index contributed by atoms with van der Waals surface area (Å²) < 4.78 is 0. The van der Waals surface area contributed by atoms with E-state index in [9.17, 15) is 9.59 Å². The van der Waals surface area contributed by atoms with Crippen molar-refractivity contribution in [1.29, 1.82) is 0 Å². The molecule has 0 radical (unpaired) electrons. The van der Waals surface area contributed by atoms with E-state index in [1.165, 1.54) is 12.1 Å². The number of nitrogen functional groups attached to an aromatic ring is 1. The second kappa shape index (κ2) is 8.21. The molecule has 0 unspecified atom stereocenters. The Kier molecular flexibility index (Phi) is 5.35. The van der Waals surface area contributed by atoms with Crippen molar-refractivity contribution < 1.29 is 9.59 Å². The van der Waals surface area contributed by atoms with E-state index in [2.05, 4.69) is 11.4 Å². The van der Waals surface area contributed by atoms with Crippen LogP contribution in [0.3, 0.4) is 0 Å². The van der Waals surface area contributed by atoms with Crippen molar-refractivity contribution in [2.75, 3.05) is 17.2 Å². The van der Waals surface area contributed by atoms with E-state index in [1.807, 2.05) is 43.3 Å². The van der Waals surface area contributed by atoms with E-state index < -0.39 is 12.1 Å². The van der Waals surface area contributed by atoms with Gasteiger partial charge in [0.15, 0.2) is 0 Å². The van der Waals surface area contributed by atoms with Gasteiger partial charge in [0, 0.05) is 23.2 Å². The Morgan fingerprint density at radius 3 is 2.52 bits per heavy atom. The number of benzene rings is 3. The molecular formula is C25H20Cl2N4O2. The van der Waals surface area contributed by atoms with E-state index in [0.29, 0.717) is 12.3 Å². The van der Waals surface area contributed by atoms with Gasteiger partial charge in [-0.05, 0) is 37.1 Å². The minimum atomic E-state index is -1.11. The molecule has 3 aromatic rings. The van der Waals surface area contributed by atoms with Gasteiger partial charge >= 0.3 is 0 Å². The van der Waals surface area contributed by atoms with E-state index in [4.69, 9.17) is 33.9 Å². The van der Waals surface area contributed by atoms with E-state index in [-0.39, 0.29) is 27.2 Å². The van der Waals surface area contributed by atoms with Gasteiger partial charge in [-0.3, -0.25) is 9.59 Å². The number of hydrogen-bond donors (Lipinski definition) is 2. The van der Waals surface area contributed by atoms with Crippen molar-refractivity contribution in [3.05, 3.63) is 92.5 Å². The predicted molar refractivity (Wildman–Crippen MR) is 131 cm³/mol. The molecule has 0 aromatic heterocycles. The molecule has 2 heterocycles. The molecule has 0 bridgehead atoms. The molecule has 2 amide bonds.